The fourth-order valence-corrected chi connectivity index (χ4v) is 3.06. The minimum Gasteiger partial charge on any atom is -0.352 e. The number of benzene rings is 1. The van der Waals surface area contributed by atoms with Gasteiger partial charge in [0.2, 0.25) is 0 Å². The maximum atomic E-state index is 4.90. The molecule has 0 atom stereocenters. The minimum atomic E-state index is 1.01. The normalized spacial score (nSPS) is 17.0. The first-order valence-corrected chi connectivity index (χ1v) is 7.38. The second-order valence-electron chi connectivity index (χ2n) is 5.81. The molecule has 1 aliphatic rings. The lowest BCUT2D eigenvalue weighted by Gasteiger charge is -2.33. The molecule has 5 nitrogen and oxygen atoms in total. The lowest BCUT2D eigenvalue weighted by molar-refractivity contribution is 0.312. The Morgan fingerprint density at radius 2 is 1.71 bits per heavy atom. The molecule has 3 aromatic rings. The molecule has 0 radical (unpaired) electrons. The quantitative estimate of drug-likeness (QED) is 0.682. The summed E-state index contributed by atoms with van der Waals surface area (Å²) >= 11 is 0. The van der Waals surface area contributed by atoms with E-state index >= 15 is 0 Å². The number of aromatic nitrogens is 3. The van der Waals surface area contributed by atoms with E-state index in [0.717, 1.165) is 43.0 Å². The summed E-state index contributed by atoms with van der Waals surface area (Å²) in [6.45, 7) is 4.16. The molecule has 108 valence electrons. The zero-order valence-corrected chi connectivity index (χ0v) is 12.5. The number of pyridine rings is 1. The van der Waals surface area contributed by atoms with Crippen molar-refractivity contribution in [2.45, 2.75) is 0 Å². The molecule has 4 rings (SSSR count). The fraction of sp³-hybridized carbons (Fsp3) is 0.375. The van der Waals surface area contributed by atoms with Crippen molar-refractivity contribution in [1.29, 1.82) is 0 Å². The van der Waals surface area contributed by atoms with Crippen LogP contribution >= 0.6 is 0 Å². The number of nitrogens with zero attached hydrogens (tertiary/aromatic N) is 5. The molecule has 0 bridgehead atoms. The topological polar surface area (TPSA) is 37.2 Å². The summed E-state index contributed by atoms with van der Waals surface area (Å²) in [5, 5.41) is 7.03. The largest absolute Gasteiger partial charge is 0.352 e. The van der Waals surface area contributed by atoms with Crippen molar-refractivity contribution in [2.75, 3.05) is 38.1 Å². The molecular weight excluding hydrogens is 262 g/mol. The number of rotatable bonds is 1. The molecule has 1 fully saturated rings. The van der Waals surface area contributed by atoms with Crippen LogP contribution in [0.5, 0.6) is 0 Å². The van der Waals surface area contributed by atoms with Crippen molar-refractivity contribution < 1.29 is 0 Å². The summed E-state index contributed by atoms with van der Waals surface area (Å²) in [7, 11) is 4.14. The van der Waals surface area contributed by atoms with Crippen LogP contribution < -0.4 is 4.90 Å². The Kier molecular flexibility index (Phi) is 2.82. The highest BCUT2D eigenvalue weighted by Crippen LogP contribution is 2.30. The van der Waals surface area contributed by atoms with Crippen LogP contribution in [0.4, 0.5) is 5.82 Å². The highest BCUT2D eigenvalue weighted by atomic mass is 15.3. The molecule has 1 saturated heterocycles. The number of anilines is 1. The Bertz CT molecular complexity index is 799. The standard InChI is InChI=1S/C16H19N5/c1-19-7-9-21(10-8-19)16-15-13(11-20(2)18-15)12-5-3-4-6-14(12)17-16/h3-6,11H,7-10H2,1-2H3. The molecule has 0 amide bonds. The number of piperazine rings is 1. The first-order valence-electron chi connectivity index (χ1n) is 7.38. The van der Waals surface area contributed by atoms with Gasteiger partial charge in [-0.25, -0.2) is 4.98 Å². The first kappa shape index (κ1) is 12.6. The van der Waals surface area contributed by atoms with Gasteiger partial charge in [0.25, 0.3) is 0 Å². The predicted octanol–water partition coefficient (Wildman–Crippen LogP) is 1.87. The van der Waals surface area contributed by atoms with Crippen LogP contribution in [0, 0.1) is 0 Å². The average molecular weight is 281 g/mol. The Morgan fingerprint density at radius 3 is 2.52 bits per heavy atom. The molecule has 0 saturated carbocycles. The van der Waals surface area contributed by atoms with Gasteiger partial charge < -0.3 is 9.80 Å². The van der Waals surface area contributed by atoms with E-state index in [-0.39, 0.29) is 0 Å². The third-order valence-electron chi connectivity index (χ3n) is 4.26. The van der Waals surface area contributed by atoms with Crippen molar-refractivity contribution >= 4 is 27.6 Å². The molecule has 1 aliphatic heterocycles. The number of likely N-dealkylation sites (N-methyl/N-ethyl adjacent to an activating group) is 1. The number of aryl methyl sites for hydroxylation is 1. The molecule has 2 aromatic heterocycles. The smallest absolute Gasteiger partial charge is 0.157 e. The number of hydrogen-bond acceptors (Lipinski definition) is 4. The zero-order valence-electron chi connectivity index (χ0n) is 12.5. The Morgan fingerprint density at radius 1 is 0.952 bits per heavy atom. The van der Waals surface area contributed by atoms with Gasteiger partial charge >= 0.3 is 0 Å². The molecule has 0 aliphatic carbocycles. The molecule has 5 heteroatoms. The summed E-state index contributed by atoms with van der Waals surface area (Å²) in [5.41, 5.74) is 2.06. The van der Waals surface area contributed by atoms with Gasteiger partial charge in [-0.3, -0.25) is 4.68 Å². The van der Waals surface area contributed by atoms with Crippen molar-refractivity contribution in [3.8, 4) is 0 Å². The third-order valence-corrected chi connectivity index (χ3v) is 4.26. The second kappa shape index (κ2) is 4.70. The summed E-state index contributed by atoms with van der Waals surface area (Å²) in [5.74, 6) is 1.03. The lowest BCUT2D eigenvalue weighted by atomic mass is 10.1. The summed E-state index contributed by atoms with van der Waals surface area (Å²) in [4.78, 5) is 9.61. The van der Waals surface area contributed by atoms with Crippen LogP contribution in [0.1, 0.15) is 0 Å². The maximum absolute atomic E-state index is 4.90. The van der Waals surface area contributed by atoms with Gasteiger partial charge in [0.05, 0.1) is 5.52 Å². The van der Waals surface area contributed by atoms with Crippen LogP contribution in [0.15, 0.2) is 30.5 Å². The molecule has 3 heterocycles. The van der Waals surface area contributed by atoms with E-state index in [0.29, 0.717) is 0 Å². The van der Waals surface area contributed by atoms with Gasteiger partial charge in [-0.15, -0.1) is 0 Å². The molecule has 0 N–H and O–H groups in total. The van der Waals surface area contributed by atoms with E-state index in [1.807, 2.05) is 17.8 Å². The van der Waals surface area contributed by atoms with E-state index in [1.54, 1.807) is 0 Å². The lowest BCUT2D eigenvalue weighted by Crippen LogP contribution is -2.44. The van der Waals surface area contributed by atoms with Gasteiger partial charge in [-0.2, -0.15) is 5.10 Å². The van der Waals surface area contributed by atoms with Crippen LogP contribution in [-0.4, -0.2) is 52.9 Å². The van der Waals surface area contributed by atoms with E-state index in [4.69, 9.17) is 4.98 Å². The molecule has 1 aromatic carbocycles. The maximum Gasteiger partial charge on any atom is 0.157 e. The average Bonchev–Trinajstić information content (AvgIpc) is 2.89. The van der Waals surface area contributed by atoms with Crippen LogP contribution in [0.3, 0.4) is 0 Å². The zero-order chi connectivity index (χ0) is 14.4. The van der Waals surface area contributed by atoms with Crippen LogP contribution in [0.25, 0.3) is 21.8 Å². The van der Waals surface area contributed by atoms with E-state index in [2.05, 4.69) is 46.3 Å². The molecular formula is C16H19N5. The highest BCUT2D eigenvalue weighted by molar-refractivity contribution is 6.08. The SMILES string of the molecule is CN1CCN(c2nc3ccccc3c3cn(C)nc23)CC1. The summed E-state index contributed by atoms with van der Waals surface area (Å²) in [6.07, 6.45) is 2.10. The minimum absolute atomic E-state index is 1.01. The fourth-order valence-electron chi connectivity index (χ4n) is 3.06. The summed E-state index contributed by atoms with van der Waals surface area (Å²) < 4.78 is 1.89. The highest BCUT2D eigenvalue weighted by Gasteiger charge is 2.20. The second-order valence-corrected chi connectivity index (χ2v) is 5.81. The van der Waals surface area contributed by atoms with Gasteiger partial charge in [0.1, 0.15) is 5.52 Å². The van der Waals surface area contributed by atoms with Crippen molar-refractivity contribution in [3.63, 3.8) is 0 Å². The van der Waals surface area contributed by atoms with Crippen LogP contribution in [0.2, 0.25) is 0 Å². The third kappa shape index (κ3) is 2.05. The predicted molar refractivity (Wildman–Crippen MR) is 85.7 cm³/mol. The van der Waals surface area contributed by atoms with Gasteiger partial charge in [0, 0.05) is 50.2 Å². The number of hydrogen-bond donors (Lipinski definition) is 0. The van der Waals surface area contributed by atoms with E-state index in [1.165, 1.54) is 10.8 Å². The Labute approximate surface area is 123 Å². The molecule has 0 unspecified atom stereocenters. The monoisotopic (exact) mass is 281 g/mol. The van der Waals surface area contributed by atoms with Gasteiger partial charge in [-0.05, 0) is 13.1 Å². The van der Waals surface area contributed by atoms with Crippen molar-refractivity contribution in [2.24, 2.45) is 7.05 Å². The van der Waals surface area contributed by atoms with Crippen LogP contribution in [-0.2, 0) is 7.05 Å². The first-order chi connectivity index (χ1) is 10.2. The molecule has 0 spiro atoms. The summed E-state index contributed by atoms with van der Waals surface area (Å²) in [6, 6.07) is 8.32. The number of para-hydroxylation sites is 1. The Hall–Kier alpha value is -2.14. The number of fused-ring (bicyclic) bond motifs is 3. The van der Waals surface area contributed by atoms with Crippen molar-refractivity contribution in [1.82, 2.24) is 19.7 Å². The Balaban J connectivity index is 1.93. The molecule has 21 heavy (non-hydrogen) atoms. The van der Waals surface area contributed by atoms with E-state index < -0.39 is 0 Å². The van der Waals surface area contributed by atoms with Crippen molar-refractivity contribution in [3.05, 3.63) is 30.5 Å². The van der Waals surface area contributed by atoms with Gasteiger partial charge in [-0.1, -0.05) is 18.2 Å². The van der Waals surface area contributed by atoms with Gasteiger partial charge in [0.15, 0.2) is 5.82 Å². The van der Waals surface area contributed by atoms with E-state index in [9.17, 15) is 0 Å².